The molecule has 0 spiro atoms. The summed E-state index contributed by atoms with van der Waals surface area (Å²) in [7, 11) is 0. The van der Waals surface area contributed by atoms with Crippen LogP contribution in [-0.2, 0) is 6.18 Å². The van der Waals surface area contributed by atoms with Crippen LogP contribution in [-0.4, -0.2) is 23.1 Å². The van der Waals surface area contributed by atoms with Crippen molar-refractivity contribution < 1.29 is 22.8 Å². The van der Waals surface area contributed by atoms with E-state index in [9.17, 15) is 22.8 Å². The normalized spacial score (nSPS) is 14.0. The predicted molar refractivity (Wildman–Crippen MR) is 97.2 cm³/mol. The van der Waals surface area contributed by atoms with Gasteiger partial charge in [0.2, 0.25) is 0 Å². The van der Waals surface area contributed by atoms with E-state index in [-0.39, 0.29) is 24.2 Å². The Bertz CT molecular complexity index is 847. The molecule has 1 aliphatic rings. The number of thioether (sulfide) groups is 2. The zero-order valence-electron chi connectivity index (χ0n) is 13.6. The second-order valence-corrected chi connectivity index (χ2v) is 8.06. The van der Waals surface area contributed by atoms with Crippen molar-refractivity contribution in [1.82, 2.24) is 0 Å². The Morgan fingerprint density at radius 2 is 1.46 bits per heavy atom. The van der Waals surface area contributed by atoms with Crippen LogP contribution >= 0.6 is 23.5 Å². The summed E-state index contributed by atoms with van der Waals surface area (Å²) in [5, 5.41) is 0. The van der Waals surface area contributed by atoms with Gasteiger partial charge in [-0.1, -0.05) is 18.2 Å². The second-order valence-electron chi connectivity index (χ2n) is 5.78. The van der Waals surface area contributed by atoms with Crippen LogP contribution in [0, 0.1) is 0 Å². The first-order valence-electron chi connectivity index (χ1n) is 7.98. The van der Waals surface area contributed by atoms with Crippen LogP contribution in [0.4, 0.5) is 13.2 Å². The quantitative estimate of drug-likeness (QED) is 0.603. The number of hydrogen-bond acceptors (Lipinski definition) is 4. The molecule has 0 amide bonds. The van der Waals surface area contributed by atoms with E-state index in [4.69, 9.17) is 0 Å². The molecule has 0 bridgehead atoms. The highest BCUT2D eigenvalue weighted by Gasteiger charge is 2.30. The van der Waals surface area contributed by atoms with Crippen LogP contribution in [0.15, 0.2) is 52.3 Å². The van der Waals surface area contributed by atoms with E-state index >= 15 is 0 Å². The topological polar surface area (TPSA) is 34.1 Å². The summed E-state index contributed by atoms with van der Waals surface area (Å²) >= 11 is 3.45. The summed E-state index contributed by atoms with van der Waals surface area (Å²) in [6, 6.07) is 9.79. The molecule has 2 nitrogen and oxygen atoms in total. The molecule has 0 unspecified atom stereocenters. The number of fused-ring (bicyclic) bond motifs is 1. The molecule has 0 N–H and O–H groups in total. The van der Waals surface area contributed by atoms with Gasteiger partial charge in [0.1, 0.15) is 0 Å². The monoisotopic (exact) mass is 396 g/mol. The Labute approximate surface area is 157 Å². The third kappa shape index (κ3) is 4.51. The van der Waals surface area contributed by atoms with E-state index in [1.165, 1.54) is 12.1 Å². The summed E-state index contributed by atoms with van der Waals surface area (Å²) in [5.74, 6) is 1.39. The highest BCUT2D eigenvalue weighted by molar-refractivity contribution is 8.05. The molecule has 0 saturated heterocycles. The van der Waals surface area contributed by atoms with Gasteiger partial charge >= 0.3 is 6.18 Å². The van der Waals surface area contributed by atoms with E-state index in [1.54, 1.807) is 29.6 Å². The molecule has 0 atom stereocenters. The lowest BCUT2D eigenvalue weighted by Crippen LogP contribution is -2.09. The molecule has 136 valence electrons. The molecule has 1 heterocycles. The van der Waals surface area contributed by atoms with E-state index in [1.807, 2.05) is 12.1 Å². The molecule has 7 heteroatoms. The van der Waals surface area contributed by atoms with E-state index in [2.05, 4.69) is 0 Å². The van der Waals surface area contributed by atoms with Gasteiger partial charge in [0.15, 0.2) is 11.6 Å². The molecule has 0 saturated carbocycles. The molecule has 0 aromatic heterocycles. The average molecular weight is 396 g/mol. The summed E-state index contributed by atoms with van der Waals surface area (Å²) < 4.78 is 38.2. The van der Waals surface area contributed by atoms with Crippen LogP contribution in [0.25, 0.3) is 0 Å². The number of alkyl halides is 3. The smallest absolute Gasteiger partial charge is 0.294 e. The van der Waals surface area contributed by atoms with Crippen molar-refractivity contribution in [3.05, 3.63) is 59.2 Å². The van der Waals surface area contributed by atoms with Crippen molar-refractivity contribution in [2.45, 2.75) is 28.8 Å². The third-order valence-corrected chi connectivity index (χ3v) is 6.48. The first-order chi connectivity index (χ1) is 12.3. The van der Waals surface area contributed by atoms with Gasteiger partial charge in [-0.3, -0.25) is 9.59 Å². The van der Waals surface area contributed by atoms with Gasteiger partial charge in [0.25, 0.3) is 0 Å². The molecule has 26 heavy (non-hydrogen) atoms. The lowest BCUT2D eigenvalue weighted by atomic mass is 10.0. The van der Waals surface area contributed by atoms with Crippen molar-refractivity contribution in [3.63, 3.8) is 0 Å². The molecule has 2 aromatic rings. The molecule has 0 aliphatic carbocycles. The largest absolute Gasteiger partial charge is 0.416 e. The SMILES string of the molecule is O=C(CCC(=O)c1ccc2c(c1)SCCS2)c1cccc(C(F)(F)F)c1. The Hall–Kier alpha value is -1.73. The number of halogens is 3. The van der Waals surface area contributed by atoms with Crippen LogP contribution in [0.2, 0.25) is 0 Å². The Morgan fingerprint density at radius 1 is 0.846 bits per heavy atom. The van der Waals surface area contributed by atoms with Gasteiger partial charge < -0.3 is 0 Å². The minimum atomic E-state index is -4.50. The second kappa shape index (κ2) is 7.88. The maximum Gasteiger partial charge on any atom is 0.416 e. The van der Waals surface area contributed by atoms with Crippen LogP contribution in [0.5, 0.6) is 0 Å². The number of benzene rings is 2. The van der Waals surface area contributed by atoms with Crippen LogP contribution < -0.4 is 0 Å². The van der Waals surface area contributed by atoms with Gasteiger partial charge in [-0.25, -0.2) is 0 Å². The van der Waals surface area contributed by atoms with Gasteiger partial charge in [-0.15, -0.1) is 23.5 Å². The minimum Gasteiger partial charge on any atom is -0.294 e. The maximum atomic E-state index is 12.7. The summed E-state index contributed by atoms with van der Waals surface area (Å²) in [6.07, 6.45) is -4.63. The van der Waals surface area contributed by atoms with Crippen molar-refractivity contribution >= 4 is 35.1 Å². The van der Waals surface area contributed by atoms with Gasteiger partial charge in [-0.05, 0) is 24.3 Å². The fourth-order valence-electron chi connectivity index (χ4n) is 2.60. The van der Waals surface area contributed by atoms with Crippen LogP contribution in [0.3, 0.4) is 0 Å². The minimum absolute atomic E-state index is 0.0221. The lowest BCUT2D eigenvalue weighted by molar-refractivity contribution is -0.137. The van der Waals surface area contributed by atoms with E-state index < -0.39 is 17.5 Å². The predicted octanol–water partition coefficient (Wildman–Crippen LogP) is 5.75. The first-order valence-corrected chi connectivity index (χ1v) is 9.95. The Morgan fingerprint density at radius 3 is 2.12 bits per heavy atom. The first kappa shape index (κ1) is 19.0. The molecule has 3 rings (SSSR count). The Kier molecular flexibility index (Phi) is 5.77. The maximum absolute atomic E-state index is 12.7. The number of rotatable bonds is 5. The van der Waals surface area contributed by atoms with Crippen molar-refractivity contribution in [1.29, 1.82) is 0 Å². The van der Waals surface area contributed by atoms with Gasteiger partial charge in [0, 0.05) is 45.3 Å². The number of Topliss-reactive ketones (excluding diaryl/α,β-unsaturated/α-hetero) is 2. The van der Waals surface area contributed by atoms with Gasteiger partial charge in [-0.2, -0.15) is 13.2 Å². The van der Waals surface area contributed by atoms with Gasteiger partial charge in [0.05, 0.1) is 5.56 Å². The zero-order valence-corrected chi connectivity index (χ0v) is 15.3. The highest BCUT2D eigenvalue weighted by Crippen LogP contribution is 2.37. The highest BCUT2D eigenvalue weighted by atomic mass is 32.2. The number of ketones is 2. The van der Waals surface area contributed by atoms with Crippen LogP contribution in [0.1, 0.15) is 39.1 Å². The third-order valence-electron chi connectivity index (χ3n) is 3.96. The molecular weight excluding hydrogens is 381 g/mol. The Balaban J connectivity index is 1.65. The summed E-state index contributed by atoms with van der Waals surface area (Å²) in [6.45, 7) is 0. The molecule has 1 aliphatic heterocycles. The summed E-state index contributed by atoms with van der Waals surface area (Å²) in [4.78, 5) is 26.7. The van der Waals surface area contributed by atoms with E-state index in [0.717, 1.165) is 33.4 Å². The molecular formula is C19H15F3O2S2. The molecule has 2 aromatic carbocycles. The standard InChI is InChI=1S/C19H15F3O2S2/c20-19(21,22)14-3-1-2-12(10-14)15(23)5-6-16(24)13-4-7-17-18(11-13)26-9-8-25-17/h1-4,7,10-11H,5-6,8-9H2. The molecule has 0 fully saturated rings. The van der Waals surface area contributed by atoms with Crippen molar-refractivity contribution in [2.24, 2.45) is 0 Å². The number of carbonyl (C=O) groups excluding carboxylic acids is 2. The fourth-order valence-corrected chi connectivity index (χ4v) is 4.85. The van der Waals surface area contributed by atoms with Crippen molar-refractivity contribution in [3.8, 4) is 0 Å². The summed E-state index contributed by atoms with van der Waals surface area (Å²) in [5.41, 5.74) is -0.348. The van der Waals surface area contributed by atoms with E-state index in [0.29, 0.717) is 5.56 Å². The molecule has 0 radical (unpaired) electrons. The fraction of sp³-hybridized carbons (Fsp3) is 0.263. The zero-order chi connectivity index (χ0) is 18.7. The van der Waals surface area contributed by atoms with Crippen molar-refractivity contribution in [2.75, 3.05) is 11.5 Å². The number of carbonyl (C=O) groups is 2. The lowest BCUT2D eigenvalue weighted by Gasteiger charge is -2.15. The number of hydrogen-bond donors (Lipinski definition) is 0. The average Bonchev–Trinajstić information content (AvgIpc) is 2.64.